The molecule has 94 valence electrons. The highest BCUT2D eigenvalue weighted by molar-refractivity contribution is 7.92. The molecule has 2 heterocycles. The lowest BCUT2D eigenvalue weighted by molar-refractivity contribution is 0.270. The van der Waals surface area contributed by atoms with Crippen molar-refractivity contribution >= 4 is 9.84 Å². The molecule has 0 amide bonds. The van der Waals surface area contributed by atoms with Gasteiger partial charge in [0.25, 0.3) is 0 Å². The van der Waals surface area contributed by atoms with Crippen molar-refractivity contribution in [2.75, 3.05) is 31.9 Å². The van der Waals surface area contributed by atoms with Crippen LogP contribution in [0.2, 0.25) is 0 Å². The lowest BCUT2D eigenvalue weighted by Crippen LogP contribution is -2.40. The van der Waals surface area contributed by atoms with Gasteiger partial charge in [0.15, 0.2) is 9.84 Å². The molecule has 0 bridgehead atoms. The molecule has 2 rings (SSSR count). The number of sulfone groups is 1. The van der Waals surface area contributed by atoms with Gasteiger partial charge in [-0.1, -0.05) is 0 Å². The summed E-state index contributed by atoms with van der Waals surface area (Å²) in [6.07, 6.45) is 2.84. The van der Waals surface area contributed by atoms with Gasteiger partial charge in [0.05, 0.1) is 11.0 Å². The molecule has 5 heteroatoms. The second-order valence-corrected chi connectivity index (χ2v) is 7.50. The Hall–Kier alpha value is -0.130. The summed E-state index contributed by atoms with van der Waals surface area (Å²) in [5.74, 6) is 0.402. The Labute approximate surface area is 98.3 Å². The average Bonchev–Trinajstić information content (AvgIpc) is 2.43. The maximum atomic E-state index is 11.8. The summed E-state index contributed by atoms with van der Waals surface area (Å²) in [5.41, 5.74) is 0. The fourth-order valence-corrected chi connectivity index (χ4v) is 4.58. The molecule has 2 unspecified atom stereocenters. The van der Waals surface area contributed by atoms with Crippen LogP contribution in [-0.4, -0.2) is 56.5 Å². The Kier molecular flexibility index (Phi) is 3.87. The normalized spacial score (nSPS) is 36.1. The van der Waals surface area contributed by atoms with Crippen molar-refractivity contribution in [1.29, 1.82) is 0 Å². The third kappa shape index (κ3) is 2.96. The molecule has 0 aliphatic carbocycles. The molecule has 2 aliphatic heterocycles. The van der Waals surface area contributed by atoms with Crippen LogP contribution >= 0.6 is 0 Å². The number of nitrogens with one attached hydrogen (secondary N) is 1. The Bertz CT molecular complexity index is 329. The van der Waals surface area contributed by atoms with Crippen molar-refractivity contribution in [3.8, 4) is 0 Å². The van der Waals surface area contributed by atoms with Crippen LogP contribution in [-0.2, 0) is 9.84 Å². The molecule has 0 aromatic rings. The molecule has 16 heavy (non-hydrogen) atoms. The minimum absolute atomic E-state index is 0.0993. The van der Waals surface area contributed by atoms with Crippen LogP contribution in [0.5, 0.6) is 0 Å². The number of nitrogens with zero attached hydrogens (tertiary/aromatic N) is 1. The molecule has 0 saturated carbocycles. The molecule has 2 saturated heterocycles. The first-order valence-electron chi connectivity index (χ1n) is 6.25. The van der Waals surface area contributed by atoms with E-state index in [9.17, 15) is 8.42 Å². The molecule has 0 spiro atoms. The van der Waals surface area contributed by atoms with Crippen LogP contribution in [0, 0.1) is 0 Å². The summed E-state index contributed by atoms with van der Waals surface area (Å²) >= 11 is 0. The molecular weight excluding hydrogens is 224 g/mol. The SMILES string of the molecule is CC1CN(CC2CCCS2(=O)=O)CCCN1. The fraction of sp³-hybridized carbons (Fsp3) is 1.00. The first-order chi connectivity index (χ1) is 7.58. The van der Waals surface area contributed by atoms with Gasteiger partial charge in [0.2, 0.25) is 0 Å². The van der Waals surface area contributed by atoms with Crippen LogP contribution in [0.1, 0.15) is 26.2 Å². The van der Waals surface area contributed by atoms with E-state index in [4.69, 9.17) is 0 Å². The van der Waals surface area contributed by atoms with Crippen molar-refractivity contribution in [2.45, 2.75) is 37.5 Å². The smallest absolute Gasteiger partial charge is 0.154 e. The molecule has 1 N–H and O–H groups in total. The maximum Gasteiger partial charge on any atom is 0.154 e. The number of rotatable bonds is 2. The molecular formula is C11H22N2O2S. The topological polar surface area (TPSA) is 49.4 Å². The van der Waals surface area contributed by atoms with Gasteiger partial charge in [-0.15, -0.1) is 0 Å². The third-order valence-electron chi connectivity index (χ3n) is 3.60. The van der Waals surface area contributed by atoms with Gasteiger partial charge in [0, 0.05) is 19.1 Å². The monoisotopic (exact) mass is 246 g/mol. The van der Waals surface area contributed by atoms with Gasteiger partial charge in [-0.2, -0.15) is 0 Å². The largest absolute Gasteiger partial charge is 0.313 e. The van der Waals surface area contributed by atoms with E-state index in [0.717, 1.165) is 45.4 Å². The van der Waals surface area contributed by atoms with Gasteiger partial charge in [-0.25, -0.2) is 8.42 Å². The van der Waals surface area contributed by atoms with Crippen molar-refractivity contribution in [2.24, 2.45) is 0 Å². The minimum Gasteiger partial charge on any atom is -0.313 e. The summed E-state index contributed by atoms with van der Waals surface area (Å²) < 4.78 is 23.5. The Morgan fingerprint density at radius 2 is 2.19 bits per heavy atom. The molecule has 2 atom stereocenters. The van der Waals surface area contributed by atoms with Crippen molar-refractivity contribution in [1.82, 2.24) is 10.2 Å². The highest BCUT2D eigenvalue weighted by atomic mass is 32.2. The zero-order valence-electron chi connectivity index (χ0n) is 9.98. The predicted octanol–water partition coefficient (Wildman–Crippen LogP) is 0.247. The molecule has 0 aromatic carbocycles. The average molecular weight is 246 g/mol. The fourth-order valence-electron chi connectivity index (χ4n) is 2.71. The highest BCUT2D eigenvalue weighted by Crippen LogP contribution is 2.21. The second-order valence-electron chi connectivity index (χ2n) is 5.10. The van der Waals surface area contributed by atoms with E-state index in [1.165, 1.54) is 0 Å². The first-order valence-corrected chi connectivity index (χ1v) is 7.97. The van der Waals surface area contributed by atoms with Gasteiger partial charge in [0.1, 0.15) is 0 Å². The molecule has 0 aromatic heterocycles. The van der Waals surface area contributed by atoms with E-state index in [0.29, 0.717) is 11.8 Å². The molecule has 4 nitrogen and oxygen atoms in total. The van der Waals surface area contributed by atoms with Gasteiger partial charge in [-0.05, 0) is 39.3 Å². The standard InChI is InChI=1S/C11H22N2O2S/c1-10-8-13(6-3-5-12-10)9-11-4-2-7-16(11,14)15/h10-12H,2-9H2,1H3. The molecule has 2 fully saturated rings. The zero-order chi connectivity index (χ0) is 11.6. The van der Waals surface area contributed by atoms with Crippen molar-refractivity contribution in [3.05, 3.63) is 0 Å². The Balaban J connectivity index is 1.93. The van der Waals surface area contributed by atoms with E-state index >= 15 is 0 Å². The lowest BCUT2D eigenvalue weighted by atomic mass is 10.2. The van der Waals surface area contributed by atoms with Crippen LogP contribution in [0.25, 0.3) is 0 Å². The highest BCUT2D eigenvalue weighted by Gasteiger charge is 2.32. The minimum atomic E-state index is -2.78. The van der Waals surface area contributed by atoms with Crippen LogP contribution < -0.4 is 5.32 Å². The molecule has 0 radical (unpaired) electrons. The second kappa shape index (κ2) is 5.02. The van der Waals surface area contributed by atoms with Crippen LogP contribution in [0.4, 0.5) is 0 Å². The van der Waals surface area contributed by atoms with Gasteiger partial charge >= 0.3 is 0 Å². The Morgan fingerprint density at radius 1 is 1.38 bits per heavy atom. The van der Waals surface area contributed by atoms with E-state index in [2.05, 4.69) is 17.1 Å². The summed E-state index contributed by atoms with van der Waals surface area (Å²) in [5, 5.41) is 3.33. The Morgan fingerprint density at radius 3 is 2.88 bits per heavy atom. The number of hydrogen-bond acceptors (Lipinski definition) is 4. The molecule has 2 aliphatic rings. The third-order valence-corrected chi connectivity index (χ3v) is 5.86. The summed E-state index contributed by atoms with van der Waals surface area (Å²) in [4.78, 5) is 2.32. The van der Waals surface area contributed by atoms with Crippen LogP contribution in [0.3, 0.4) is 0 Å². The number of hydrogen-bond donors (Lipinski definition) is 1. The van der Waals surface area contributed by atoms with E-state index in [1.54, 1.807) is 0 Å². The quantitative estimate of drug-likeness (QED) is 0.759. The van der Waals surface area contributed by atoms with Crippen LogP contribution in [0.15, 0.2) is 0 Å². The van der Waals surface area contributed by atoms with Gasteiger partial charge < -0.3 is 10.2 Å². The lowest BCUT2D eigenvalue weighted by Gasteiger charge is -2.24. The summed E-state index contributed by atoms with van der Waals surface area (Å²) in [6, 6.07) is 0.478. The zero-order valence-corrected chi connectivity index (χ0v) is 10.8. The first kappa shape index (κ1) is 12.3. The van der Waals surface area contributed by atoms with E-state index in [1.807, 2.05) is 0 Å². The van der Waals surface area contributed by atoms with Crippen molar-refractivity contribution < 1.29 is 8.42 Å². The van der Waals surface area contributed by atoms with E-state index < -0.39 is 9.84 Å². The predicted molar refractivity (Wildman–Crippen MR) is 65.3 cm³/mol. The maximum absolute atomic E-state index is 11.8. The summed E-state index contributed by atoms with van der Waals surface area (Å²) in [6.45, 7) is 5.97. The summed E-state index contributed by atoms with van der Waals surface area (Å²) in [7, 11) is -2.78. The van der Waals surface area contributed by atoms with E-state index in [-0.39, 0.29) is 5.25 Å². The van der Waals surface area contributed by atoms with Crippen molar-refractivity contribution in [3.63, 3.8) is 0 Å². The van der Waals surface area contributed by atoms with Gasteiger partial charge in [-0.3, -0.25) is 0 Å².